The highest BCUT2D eigenvalue weighted by molar-refractivity contribution is 5.79. The molecular weight excluding hydrogens is 371 g/mol. The second kappa shape index (κ2) is 10.8. The van der Waals surface area contributed by atoms with Crippen molar-refractivity contribution in [3.63, 3.8) is 0 Å². The number of benzene rings is 1. The van der Waals surface area contributed by atoms with Gasteiger partial charge in [-0.1, -0.05) is 25.3 Å². The number of phenolic OH excluding ortho intramolecular Hbond substituents is 1. The summed E-state index contributed by atoms with van der Waals surface area (Å²) in [6.07, 6.45) is 6.37. The van der Waals surface area contributed by atoms with E-state index in [1.807, 2.05) is 6.92 Å². The van der Waals surface area contributed by atoms with Gasteiger partial charge in [-0.15, -0.1) is 0 Å². The van der Waals surface area contributed by atoms with Gasteiger partial charge in [0.2, 0.25) is 0 Å². The molecule has 0 unspecified atom stereocenters. The third-order valence-corrected chi connectivity index (χ3v) is 5.98. The lowest BCUT2D eigenvalue weighted by atomic mass is 9.73. The first-order chi connectivity index (χ1) is 14.1. The molecule has 0 atom stereocenters. The standard InChI is InChI=1S/C22H35FN4O2/c1-2-24-21(25-15-18-6-7-20(28)19(23)14-18)26-16-22(8-4-3-5-9-22)17-27-10-12-29-13-11-27/h6-7,14,28H,2-5,8-13,15-17H2,1H3,(H2,24,25,26). The molecular formula is C22H35FN4O2. The van der Waals surface area contributed by atoms with Crippen LogP contribution in [0.1, 0.15) is 44.6 Å². The van der Waals surface area contributed by atoms with Gasteiger partial charge in [-0.25, -0.2) is 9.38 Å². The van der Waals surface area contributed by atoms with E-state index in [-0.39, 0.29) is 11.2 Å². The smallest absolute Gasteiger partial charge is 0.191 e. The first-order valence-electron chi connectivity index (χ1n) is 10.9. The van der Waals surface area contributed by atoms with Gasteiger partial charge in [0, 0.05) is 38.1 Å². The maximum Gasteiger partial charge on any atom is 0.191 e. The molecule has 1 saturated heterocycles. The maximum atomic E-state index is 13.6. The van der Waals surface area contributed by atoms with Crippen LogP contribution in [-0.4, -0.2) is 61.9 Å². The van der Waals surface area contributed by atoms with E-state index in [1.54, 1.807) is 6.07 Å². The zero-order valence-electron chi connectivity index (χ0n) is 17.6. The largest absolute Gasteiger partial charge is 0.505 e. The van der Waals surface area contributed by atoms with E-state index in [9.17, 15) is 9.50 Å². The lowest BCUT2D eigenvalue weighted by Gasteiger charge is -2.42. The van der Waals surface area contributed by atoms with Gasteiger partial charge in [0.15, 0.2) is 17.5 Å². The number of hydrogen-bond donors (Lipinski definition) is 3. The Bertz CT molecular complexity index is 671. The number of halogens is 1. The monoisotopic (exact) mass is 406 g/mol. The molecule has 7 heteroatoms. The molecule has 0 spiro atoms. The van der Waals surface area contributed by atoms with Crippen LogP contribution in [0, 0.1) is 11.2 Å². The number of morpholine rings is 1. The van der Waals surface area contributed by atoms with Crippen LogP contribution in [-0.2, 0) is 11.3 Å². The molecule has 1 aliphatic heterocycles. The predicted molar refractivity (Wildman–Crippen MR) is 114 cm³/mol. The Morgan fingerprint density at radius 2 is 1.97 bits per heavy atom. The molecule has 1 aromatic rings. The number of nitrogens with zero attached hydrogens (tertiary/aromatic N) is 2. The summed E-state index contributed by atoms with van der Waals surface area (Å²) in [5, 5.41) is 16.2. The van der Waals surface area contributed by atoms with Crippen LogP contribution in [0.25, 0.3) is 0 Å². The molecule has 3 rings (SSSR count). The predicted octanol–water partition coefficient (Wildman–Crippen LogP) is 2.87. The van der Waals surface area contributed by atoms with Gasteiger partial charge in [0.1, 0.15) is 0 Å². The quantitative estimate of drug-likeness (QED) is 0.480. The van der Waals surface area contributed by atoms with Crippen molar-refractivity contribution in [2.45, 2.75) is 45.6 Å². The fourth-order valence-electron chi connectivity index (χ4n) is 4.36. The zero-order chi connectivity index (χ0) is 20.5. The number of phenols is 1. The van der Waals surface area contributed by atoms with Gasteiger partial charge < -0.3 is 20.5 Å². The van der Waals surface area contributed by atoms with Crippen molar-refractivity contribution >= 4 is 5.96 Å². The second-order valence-electron chi connectivity index (χ2n) is 8.28. The number of aliphatic imine (C=N–C) groups is 1. The van der Waals surface area contributed by atoms with Crippen LogP contribution in [0.3, 0.4) is 0 Å². The number of rotatable bonds is 7. The van der Waals surface area contributed by atoms with Crippen LogP contribution in [0.4, 0.5) is 4.39 Å². The normalized spacial score (nSPS) is 20.4. The highest BCUT2D eigenvalue weighted by Crippen LogP contribution is 2.36. The van der Waals surface area contributed by atoms with Crippen LogP contribution in [0.2, 0.25) is 0 Å². The zero-order valence-corrected chi connectivity index (χ0v) is 17.6. The van der Waals surface area contributed by atoms with Gasteiger partial charge in [-0.2, -0.15) is 0 Å². The maximum absolute atomic E-state index is 13.6. The van der Waals surface area contributed by atoms with Gasteiger partial charge in [0.25, 0.3) is 0 Å². The average molecular weight is 407 g/mol. The van der Waals surface area contributed by atoms with E-state index < -0.39 is 5.82 Å². The minimum absolute atomic E-state index is 0.260. The Balaban J connectivity index is 1.62. The molecule has 1 aliphatic carbocycles. The minimum Gasteiger partial charge on any atom is -0.505 e. The highest BCUT2D eigenvalue weighted by Gasteiger charge is 2.34. The fraction of sp³-hybridized carbons (Fsp3) is 0.682. The lowest BCUT2D eigenvalue weighted by Crippen LogP contribution is -2.51. The summed E-state index contributed by atoms with van der Waals surface area (Å²) in [6, 6.07) is 4.41. The molecule has 1 heterocycles. The van der Waals surface area contributed by atoms with E-state index in [2.05, 4.69) is 20.5 Å². The first-order valence-corrected chi connectivity index (χ1v) is 10.9. The molecule has 0 bridgehead atoms. The van der Waals surface area contributed by atoms with Crippen molar-refractivity contribution in [3.8, 4) is 5.75 Å². The average Bonchev–Trinajstić information content (AvgIpc) is 2.74. The van der Waals surface area contributed by atoms with Crippen molar-refractivity contribution < 1.29 is 14.2 Å². The third-order valence-electron chi connectivity index (χ3n) is 5.98. The van der Waals surface area contributed by atoms with Gasteiger partial charge in [-0.05, 0) is 37.5 Å². The van der Waals surface area contributed by atoms with E-state index in [1.165, 1.54) is 44.2 Å². The summed E-state index contributed by atoms with van der Waals surface area (Å²) in [4.78, 5) is 7.17. The summed E-state index contributed by atoms with van der Waals surface area (Å²) in [6.45, 7) is 8.86. The summed E-state index contributed by atoms with van der Waals surface area (Å²) >= 11 is 0. The number of aromatic hydroxyl groups is 1. The van der Waals surface area contributed by atoms with Crippen LogP contribution in [0.15, 0.2) is 23.2 Å². The molecule has 6 nitrogen and oxygen atoms in total. The molecule has 0 aromatic heterocycles. The Labute approximate surface area is 173 Å². The first kappa shape index (κ1) is 21.8. The minimum atomic E-state index is -0.609. The lowest BCUT2D eigenvalue weighted by molar-refractivity contribution is 0.00820. The molecule has 2 fully saturated rings. The number of nitrogens with one attached hydrogen (secondary N) is 2. The molecule has 2 aliphatic rings. The molecule has 0 radical (unpaired) electrons. The van der Waals surface area contributed by atoms with Gasteiger partial charge >= 0.3 is 0 Å². The Morgan fingerprint density at radius 1 is 1.21 bits per heavy atom. The van der Waals surface area contributed by atoms with Gasteiger partial charge in [-0.3, -0.25) is 4.90 Å². The summed E-state index contributed by atoms with van der Waals surface area (Å²) < 4.78 is 19.1. The number of hydrogen-bond acceptors (Lipinski definition) is 4. The molecule has 1 saturated carbocycles. The molecule has 29 heavy (non-hydrogen) atoms. The van der Waals surface area contributed by atoms with Crippen molar-refractivity contribution in [2.75, 3.05) is 45.9 Å². The van der Waals surface area contributed by atoms with Gasteiger partial charge in [0.05, 0.1) is 19.8 Å². The number of guanidine groups is 1. The fourth-order valence-corrected chi connectivity index (χ4v) is 4.36. The SMILES string of the molecule is CCNC(=NCc1ccc(O)c(F)c1)NCC1(CN2CCOCC2)CCCCC1. The molecule has 3 N–H and O–H groups in total. The summed E-state index contributed by atoms with van der Waals surface area (Å²) in [5.74, 6) is -0.180. The molecule has 162 valence electrons. The summed E-state index contributed by atoms with van der Waals surface area (Å²) in [7, 11) is 0. The van der Waals surface area contributed by atoms with Crippen LogP contribution in [0.5, 0.6) is 5.75 Å². The van der Waals surface area contributed by atoms with E-state index in [0.29, 0.717) is 6.54 Å². The van der Waals surface area contributed by atoms with E-state index >= 15 is 0 Å². The van der Waals surface area contributed by atoms with E-state index in [4.69, 9.17) is 4.74 Å². The van der Waals surface area contributed by atoms with Crippen LogP contribution >= 0.6 is 0 Å². The van der Waals surface area contributed by atoms with Crippen molar-refractivity contribution in [3.05, 3.63) is 29.6 Å². The molecule has 1 aromatic carbocycles. The Morgan fingerprint density at radius 3 is 2.66 bits per heavy atom. The van der Waals surface area contributed by atoms with Crippen molar-refractivity contribution in [1.29, 1.82) is 0 Å². The topological polar surface area (TPSA) is 69.1 Å². The Kier molecular flexibility index (Phi) is 8.12. The number of ether oxygens (including phenoxy) is 1. The highest BCUT2D eigenvalue weighted by atomic mass is 19.1. The van der Waals surface area contributed by atoms with Crippen molar-refractivity contribution in [2.24, 2.45) is 10.4 Å². The molecule has 0 amide bonds. The Hall–Kier alpha value is -1.86. The van der Waals surface area contributed by atoms with Crippen LogP contribution < -0.4 is 10.6 Å². The van der Waals surface area contributed by atoms with Crippen molar-refractivity contribution in [1.82, 2.24) is 15.5 Å². The second-order valence-corrected chi connectivity index (χ2v) is 8.28. The summed E-state index contributed by atoms with van der Waals surface area (Å²) in [5.41, 5.74) is 0.995. The third kappa shape index (κ3) is 6.57. The van der Waals surface area contributed by atoms with E-state index in [0.717, 1.165) is 57.5 Å².